The van der Waals surface area contributed by atoms with Crippen LogP contribution in [0.25, 0.3) is 0 Å². The molecular weight excluding hydrogens is 266 g/mol. The Morgan fingerprint density at radius 3 is 2.79 bits per heavy atom. The van der Waals surface area contributed by atoms with Gasteiger partial charge in [0.15, 0.2) is 0 Å². The molecule has 0 aliphatic heterocycles. The van der Waals surface area contributed by atoms with Crippen LogP contribution in [0, 0.1) is 0 Å². The van der Waals surface area contributed by atoms with Crippen molar-refractivity contribution >= 4 is 17.3 Å². The van der Waals surface area contributed by atoms with Crippen LogP contribution in [0.5, 0.6) is 5.75 Å². The van der Waals surface area contributed by atoms with Gasteiger partial charge in [-0.15, -0.1) is 11.3 Å². The van der Waals surface area contributed by atoms with Gasteiger partial charge in [0.05, 0.1) is 14.2 Å². The SMILES string of the molecule is CNC(c1ccc(C(=O)OC)o1)c1cc(OC)cs1. The quantitative estimate of drug-likeness (QED) is 0.853. The Balaban J connectivity index is 2.26. The fraction of sp³-hybridized carbons (Fsp3) is 0.308. The van der Waals surface area contributed by atoms with Crippen LogP contribution in [0.1, 0.15) is 27.2 Å². The van der Waals surface area contributed by atoms with Crippen LogP contribution in [0.4, 0.5) is 0 Å². The summed E-state index contributed by atoms with van der Waals surface area (Å²) in [4.78, 5) is 12.4. The Labute approximate surface area is 115 Å². The monoisotopic (exact) mass is 281 g/mol. The minimum Gasteiger partial charge on any atom is -0.496 e. The fourth-order valence-corrected chi connectivity index (χ4v) is 2.71. The summed E-state index contributed by atoms with van der Waals surface area (Å²) in [5.74, 6) is 1.18. The Morgan fingerprint density at radius 2 is 2.21 bits per heavy atom. The van der Waals surface area contributed by atoms with Gasteiger partial charge < -0.3 is 19.2 Å². The van der Waals surface area contributed by atoms with Gasteiger partial charge in [-0.3, -0.25) is 0 Å². The van der Waals surface area contributed by atoms with E-state index < -0.39 is 5.97 Å². The van der Waals surface area contributed by atoms with E-state index in [4.69, 9.17) is 9.15 Å². The highest BCUT2D eigenvalue weighted by atomic mass is 32.1. The second-order valence-electron chi connectivity index (χ2n) is 3.80. The summed E-state index contributed by atoms with van der Waals surface area (Å²) in [7, 11) is 4.78. The molecular formula is C13H15NO4S. The number of hydrogen-bond acceptors (Lipinski definition) is 6. The molecule has 1 atom stereocenters. The average Bonchev–Trinajstić information content (AvgIpc) is 3.08. The number of methoxy groups -OCH3 is 2. The van der Waals surface area contributed by atoms with E-state index in [2.05, 4.69) is 10.1 Å². The molecule has 1 unspecified atom stereocenters. The van der Waals surface area contributed by atoms with E-state index in [-0.39, 0.29) is 11.8 Å². The van der Waals surface area contributed by atoms with Gasteiger partial charge in [0.2, 0.25) is 5.76 Å². The van der Waals surface area contributed by atoms with Gasteiger partial charge in [0.1, 0.15) is 17.6 Å². The van der Waals surface area contributed by atoms with Crippen molar-refractivity contribution in [2.45, 2.75) is 6.04 Å². The normalized spacial score (nSPS) is 12.2. The molecule has 0 spiro atoms. The molecule has 19 heavy (non-hydrogen) atoms. The van der Waals surface area contributed by atoms with Crippen LogP contribution < -0.4 is 10.1 Å². The zero-order valence-electron chi connectivity index (χ0n) is 10.9. The van der Waals surface area contributed by atoms with Gasteiger partial charge in [-0.05, 0) is 25.2 Å². The standard InChI is InChI=1S/C13H15NO4S/c1-14-12(11-6-8(16-2)7-19-11)9-4-5-10(18-9)13(15)17-3/h4-7,12,14H,1-3H3. The predicted octanol–water partition coefficient (Wildman–Crippen LogP) is 2.45. The maximum absolute atomic E-state index is 11.4. The Bertz CT molecular complexity index is 560. The summed E-state index contributed by atoms with van der Waals surface area (Å²) in [5.41, 5.74) is 0. The lowest BCUT2D eigenvalue weighted by atomic mass is 10.2. The minimum atomic E-state index is -0.482. The first-order valence-corrected chi connectivity index (χ1v) is 6.55. The van der Waals surface area contributed by atoms with Crippen molar-refractivity contribution in [3.63, 3.8) is 0 Å². The number of hydrogen-bond donors (Lipinski definition) is 1. The summed E-state index contributed by atoms with van der Waals surface area (Å²) in [5, 5.41) is 5.07. The van der Waals surface area contributed by atoms with E-state index in [1.807, 2.05) is 18.5 Å². The molecule has 2 heterocycles. The average molecular weight is 281 g/mol. The van der Waals surface area contributed by atoms with E-state index in [1.165, 1.54) is 7.11 Å². The molecule has 0 saturated heterocycles. The van der Waals surface area contributed by atoms with Crippen molar-refractivity contribution < 1.29 is 18.7 Å². The first kappa shape index (κ1) is 13.6. The highest BCUT2D eigenvalue weighted by molar-refractivity contribution is 7.10. The van der Waals surface area contributed by atoms with Crippen LogP contribution in [0.15, 0.2) is 28.0 Å². The van der Waals surface area contributed by atoms with Crippen molar-refractivity contribution in [1.29, 1.82) is 0 Å². The topological polar surface area (TPSA) is 60.7 Å². The summed E-state index contributed by atoms with van der Waals surface area (Å²) >= 11 is 1.56. The number of thiophene rings is 1. The van der Waals surface area contributed by atoms with Crippen molar-refractivity contribution in [1.82, 2.24) is 5.32 Å². The molecule has 6 heteroatoms. The lowest BCUT2D eigenvalue weighted by molar-refractivity contribution is 0.0562. The maximum atomic E-state index is 11.4. The zero-order valence-corrected chi connectivity index (χ0v) is 11.7. The first-order valence-electron chi connectivity index (χ1n) is 5.67. The number of nitrogens with one attached hydrogen (secondary N) is 1. The third-order valence-corrected chi connectivity index (χ3v) is 3.68. The predicted molar refractivity (Wildman–Crippen MR) is 71.8 cm³/mol. The molecule has 0 saturated carbocycles. The van der Waals surface area contributed by atoms with Crippen molar-refractivity contribution in [2.75, 3.05) is 21.3 Å². The summed E-state index contributed by atoms with van der Waals surface area (Å²) < 4.78 is 15.3. The number of carbonyl (C=O) groups is 1. The van der Waals surface area contributed by atoms with Gasteiger partial charge in [-0.1, -0.05) is 0 Å². The third-order valence-electron chi connectivity index (χ3n) is 2.70. The first-order chi connectivity index (χ1) is 9.19. The number of rotatable bonds is 5. The molecule has 0 bridgehead atoms. The van der Waals surface area contributed by atoms with Crippen LogP contribution >= 0.6 is 11.3 Å². The van der Waals surface area contributed by atoms with E-state index in [0.29, 0.717) is 5.76 Å². The van der Waals surface area contributed by atoms with Crippen LogP contribution in [0.3, 0.4) is 0 Å². The Morgan fingerprint density at radius 1 is 1.42 bits per heavy atom. The molecule has 0 aromatic carbocycles. The molecule has 1 N–H and O–H groups in total. The molecule has 0 amide bonds. The molecule has 0 aliphatic carbocycles. The smallest absolute Gasteiger partial charge is 0.373 e. The Hall–Kier alpha value is -1.79. The molecule has 2 aromatic rings. The zero-order chi connectivity index (χ0) is 13.8. The van der Waals surface area contributed by atoms with Gasteiger partial charge in [-0.25, -0.2) is 4.79 Å². The molecule has 2 rings (SSSR count). The highest BCUT2D eigenvalue weighted by Gasteiger charge is 2.20. The largest absolute Gasteiger partial charge is 0.496 e. The number of ether oxygens (including phenoxy) is 2. The van der Waals surface area contributed by atoms with E-state index in [0.717, 1.165) is 10.6 Å². The van der Waals surface area contributed by atoms with E-state index >= 15 is 0 Å². The minimum absolute atomic E-state index is 0.118. The van der Waals surface area contributed by atoms with Crippen molar-refractivity contribution in [2.24, 2.45) is 0 Å². The summed E-state index contributed by atoms with van der Waals surface area (Å²) in [6.07, 6.45) is 0. The van der Waals surface area contributed by atoms with Gasteiger partial charge >= 0.3 is 5.97 Å². The molecule has 0 aliphatic rings. The Kier molecular flexibility index (Phi) is 4.24. The van der Waals surface area contributed by atoms with E-state index in [1.54, 1.807) is 30.6 Å². The van der Waals surface area contributed by atoms with Crippen molar-refractivity contribution in [3.8, 4) is 5.75 Å². The molecule has 102 valence electrons. The molecule has 5 nitrogen and oxygen atoms in total. The molecule has 0 fully saturated rings. The maximum Gasteiger partial charge on any atom is 0.373 e. The van der Waals surface area contributed by atoms with Crippen LogP contribution in [-0.2, 0) is 4.74 Å². The lowest BCUT2D eigenvalue weighted by Crippen LogP contribution is -2.15. The second kappa shape index (κ2) is 5.90. The number of carbonyl (C=O) groups excluding carboxylic acids is 1. The highest BCUT2D eigenvalue weighted by Crippen LogP contribution is 2.31. The van der Waals surface area contributed by atoms with Gasteiger partial charge in [-0.2, -0.15) is 0 Å². The second-order valence-corrected chi connectivity index (χ2v) is 4.75. The molecule has 2 aromatic heterocycles. The van der Waals surface area contributed by atoms with Crippen LogP contribution in [-0.4, -0.2) is 27.2 Å². The number of furan rings is 1. The molecule has 0 radical (unpaired) electrons. The van der Waals surface area contributed by atoms with Gasteiger partial charge in [0, 0.05) is 10.3 Å². The van der Waals surface area contributed by atoms with E-state index in [9.17, 15) is 4.79 Å². The number of esters is 1. The third kappa shape index (κ3) is 2.80. The summed E-state index contributed by atoms with van der Waals surface area (Å²) in [6, 6.07) is 5.19. The summed E-state index contributed by atoms with van der Waals surface area (Å²) in [6.45, 7) is 0. The van der Waals surface area contributed by atoms with Gasteiger partial charge in [0.25, 0.3) is 0 Å². The lowest BCUT2D eigenvalue weighted by Gasteiger charge is -2.11. The van der Waals surface area contributed by atoms with Crippen molar-refractivity contribution in [3.05, 3.63) is 40.0 Å². The van der Waals surface area contributed by atoms with Crippen LogP contribution in [0.2, 0.25) is 0 Å². The fourth-order valence-electron chi connectivity index (χ4n) is 1.74.